The number of carbonyl (C=O) groups is 3. The lowest BCUT2D eigenvalue weighted by Crippen LogP contribution is -2.31. The monoisotopic (exact) mass is 519 g/mol. The number of anilines is 2. The van der Waals surface area contributed by atoms with E-state index in [1.165, 1.54) is 40.9 Å². The van der Waals surface area contributed by atoms with Crippen molar-refractivity contribution in [3.63, 3.8) is 0 Å². The van der Waals surface area contributed by atoms with Gasteiger partial charge in [-0.15, -0.1) is 11.8 Å². The molecule has 9 nitrogen and oxygen atoms in total. The van der Waals surface area contributed by atoms with Crippen LogP contribution in [0.1, 0.15) is 36.5 Å². The van der Waals surface area contributed by atoms with Crippen LogP contribution in [0, 0.1) is 10.1 Å². The molecule has 0 aliphatic carbocycles. The number of hydrogen-bond acceptors (Lipinski definition) is 7. The molecule has 0 radical (unpaired) electrons. The first-order valence-electron chi connectivity index (χ1n) is 11.8. The Labute approximate surface area is 218 Å². The number of imide groups is 1. The average molecular weight is 520 g/mol. The second-order valence-electron chi connectivity index (χ2n) is 8.36. The number of thioether (sulfide) groups is 1. The SMILES string of the molecule is CCCCOc1ccc(N2C(=O)CC(Sc3ccc(NC(=O)c4cccc([N+](=O)[O-])c4)cc3)C2=O)cc1. The highest BCUT2D eigenvalue weighted by molar-refractivity contribution is 8.00. The minimum absolute atomic E-state index is 0.0868. The molecule has 3 aromatic rings. The lowest BCUT2D eigenvalue weighted by Gasteiger charge is -2.16. The summed E-state index contributed by atoms with van der Waals surface area (Å²) >= 11 is 1.28. The number of amides is 3. The second-order valence-corrected chi connectivity index (χ2v) is 9.64. The van der Waals surface area contributed by atoms with Crippen LogP contribution in [0.15, 0.2) is 77.7 Å². The van der Waals surface area contributed by atoms with E-state index in [0.29, 0.717) is 23.7 Å². The molecule has 0 aromatic heterocycles. The number of rotatable bonds is 10. The van der Waals surface area contributed by atoms with Crippen LogP contribution >= 0.6 is 11.8 Å². The first-order valence-corrected chi connectivity index (χ1v) is 12.7. The van der Waals surface area contributed by atoms with Crippen molar-refractivity contribution in [2.24, 2.45) is 0 Å². The van der Waals surface area contributed by atoms with E-state index in [9.17, 15) is 24.5 Å². The third kappa shape index (κ3) is 6.34. The fourth-order valence-corrected chi connectivity index (χ4v) is 4.79. The zero-order chi connectivity index (χ0) is 26.4. The number of hydrogen-bond donors (Lipinski definition) is 1. The predicted molar refractivity (Wildman–Crippen MR) is 141 cm³/mol. The van der Waals surface area contributed by atoms with Gasteiger partial charge in [0.15, 0.2) is 0 Å². The molecular formula is C27H25N3O6S. The van der Waals surface area contributed by atoms with Crippen LogP contribution in [-0.4, -0.2) is 34.5 Å². The number of unbranched alkanes of at least 4 members (excludes halogenated alkanes) is 1. The maximum atomic E-state index is 13.0. The summed E-state index contributed by atoms with van der Waals surface area (Å²) in [5.74, 6) is -0.321. The van der Waals surface area contributed by atoms with Crippen molar-refractivity contribution in [2.45, 2.75) is 36.3 Å². The van der Waals surface area contributed by atoms with E-state index in [2.05, 4.69) is 12.2 Å². The maximum Gasteiger partial charge on any atom is 0.270 e. The molecule has 10 heteroatoms. The van der Waals surface area contributed by atoms with Gasteiger partial charge >= 0.3 is 0 Å². The van der Waals surface area contributed by atoms with Gasteiger partial charge in [-0.2, -0.15) is 0 Å². The summed E-state index contributed by atoms with van der Waals surface area (Å²) in [5.41, 5.74) is 1.02. The average Bonchev–Trinajstić information content (AvgIpc) is 3.18. The Morgan fingerprint density at radius 3 is 2.51 bits per heavy atom. The van der Waals surface area contributed by atoms with Crippen molar-refractivity contribution in [3.8, 4) is 5.75 Å². The number of nitrogens with zero attached hydrogens (tertiary/aromatic N) is 2. The summed E-state index contributed by atoms with van der Waals surface area (Å²) in [6.07, 6.45) is 2.07. The molecule has 1 aliphatic heterocycles. The van der Waals surface area contributed by atoms with Gasteiger partial charge in [0.05, 0.1) is 22.5 Å². The van der Waals surface area contributed by atoms with Gasteiger partial charge in [0, 0.05) is 34.7 Å². The smallest absolute Gasteiger partial charge is 0.270 e. The number of carbonyl (C=O) groups excluding carboxylic acids is 3. The summed E-state index contributed by atoms with van der Waals surface area (Å²) in [7, 11) is 0. The molecule has 3 aromatic carbocycles. The standard InChI is InChI=1S/C27H25N3O6S/c1-2-3-15-36-22-11-9-20(10-12-22)29-25(31)17-24(27(29)33)37-23-13-7-19(8-14-23)28-26(32)18-5-4-6-21(16-18)30(34)35/h4-14,16,24H,2-3,15,17H2,1H3,(H,28,32). The third-order valence-corrected chi connectivity index (χ3v) is 6.87. The number of benzene rings is 3. The minimum Gasteiger partial charge on any atom is -0.494 e. The molecule has 1 aliphatic rings. The van der Waals surface area contributed by atoms with Crippen molar-refractivity contribution in [3.05, 3.63) is 88.5 Å². The Bertz CT molecular complexity index is 1310. The van der Waals surface area contributed by atoms with Gasteiger partial charge in [-0.25, -0.2) is 4.90 Å². The number of nitro groups is 1. The minimum atomic E-state index is -0.558. The quantitative estimate of drug-likeness (QED) is 0.164. The molecule has 1 saturated heterocycles. The second kappa shape index (κ2) is 11.7. The summed E-state index contributed by atoms with van der Waals surface area (Å²) in [6.45, 7) is 2.70. The van der Waals surface area contributed by atoms with Crippen LogP contribution in [0.25, 0.3) is 0 Å². The molecule has 1 N–H and O–H groups in total. The van der Waals surface area contributed by atoms with Crippen molar-refractivity contribution >= 4 is 46.5 Å². The summed E-state index contributed by atoms with van der Waals surface area (Å²) in [4.78, 5) is 50.4. The van der Waals surface area contributed by atoms with E-state index in [0.717, 1.165) is 17.7 Å². The molecule has 1 unspecified atom stereocenters. The fraction of sp³-hybridized carbons (Fsp3) is 0.222. The highest BCUT2D eigenvalue weighted by Crippen LogP contribution is 2.35. The van der Waals surface area contributed by atoms with Crippen molar-refractivity contribution in [2.75, 3.05) is 16.8 Å². The van der Waals surface area contributed by atoms with Gasteiger partial charge in [0.2, 0.25) is 11.8 Å². The molecule has 190 valence electrons. The van der Waals surface area contributed by atoms with Crippen molar-refractivity contribution in [1.29, 1.82) is 0 Å². The number of nitro benzene ring substituents is 1. The lowest BCUT2D eigenvalue weighted by molar-refractivity contribution is -0.384. The van der Waals surface area contributed by atoms with E-state index in [4.69, 9.17) is 4.74 Å². The molecule has 0 spiro atoms. The number of nitrogens with one attached hydrogen (secondary N) is 1. The van der Waals surface area contributed by atoms with Crippen LogP contribution in [0.2, 0.25) is 0 Å². The largest absolute Gasteiger partial charge is 0.494 e. The third-order valence-electron chi connectivity index (χ3n) is 5.68. The fourth-order valence-electron chi connectivity index (χ4n) is 3.74. The highest BCUT2D eigenvalue weighted by atomic mass is 32.2. The van der Waals surface area contributed by atoms with Gasteiger partial charge in [0.25, 0.3) is 11.6 Å². The van der Waals surface area contributed by atoms with E-state index < -0.39 is 16.1 Å². The van der Waals surface area contributed by atoms with Gasteiger partial charge in [-0.3, -0.25) is 24.5 Å². The van der Waals surface area contributed by atoms with Crippen molar-refractivity contribution in [1.82, 2.24) is 0 Å². The molecule has 3 amide bonds. The Morgan fingerprint density at radius 2 is 1.84 bits per heavy atom. The molecule has 0 saturated carbocycles. The van der Waals surface area contributed by atoms with Crippen molar-refractivity contribution < 1.29 is 24.0 Å². The Hall–Kier alpha value is -4.18. The van der Waals surface area contributed by atoms with Gasteiger partial charge in [-0.1, -0.05) is 19.4 Å². The zero-order valence-electron chi connectivity index (χ0n) is 20.1. The van der Waals surface area contributed by atoms with Crippen LogP contribution < -0.4 is 15.0 Å². The highest BCUT2D eigenvalue weighted by Gasteiger charge is 2.40. The Balaban J connectivity index is 1.36. The molecule has 1 heterocycles. The van der Waals surface area contributed by atoms with Crippen LogP contribution in [0.5, 0.6) is 5.75 Å². The molecule has 0 bridgehead atoms. The van der Waals surface area contributed by atoms with Gasteiger partial charge in [0.1, 0.15) is 5.75 Å². The van der Waals surface area contributed by atoms with Crippen LogP contribution in [0.4, 0.5) is 17.1 Å². The Morgan fingerprint density at radius 1 is 1.11 bits per heavy atom. The summed E-state index contributed by atoms with van der Waals surface area (Å²) < 4.78 is 5.65. The first-order chi connectivity index (χ1) is 17.9. The summed E-state index contributed by atoms with van der Waals surface area (Å²) in [5, 5.41) is 13.1. The van der Waals surface area contributed by atoms with Gasteiger partial charge in [-0.05, 0) is 61.0 Å². The zero-order valence-corrected chi connectivity index (χ0v) is 20.9. The molecular weight excluding hydrogens is 494 g/mol. The lowest BCUT2D eigenvalue weighted by atomic mass is 10.2. The van der Waals surface area contributed by atoms with E-state index >= 15 is 0 Å². The van der Waals surface area contributed by atoms with Gasteiger partial charge < -0.3 is 10.1 Å². The molecule has 1 atom stereocenters. The topological polar surface area (TPSA) is 119 Å². The molecule has 4 rings (SSSR count). The van der Waals surface area contributed by atoms with E-state index in [1.807, 2.05) is 0 Å². The molecule has 1 fully saturated rings. The van der Waals surface area contributed by atoms with Crippen LogP contribution in [0.3, 0.4) is 0 Å². The maximum absolute atomic E-state index is 13.0. The van der Waals surface area contributed by atoms with E-state index in [1.54, 1.807) is 48.5 Å². The predicted octanol–water partition coefficient (Wildman–Crippen LogP) is 5.45. The number of non-ortho nitro benzene ring substituents is 1. The molecule has 37 heavy (non-hydrogen) atoms. The van der Waals surface area contributed by atoms with Crippen LogP contribution in [-0.2, 0) is 9.59 Å². The number of ether oxygens (including phenoxy) is 1. The summed E-state index contributed by atoms with van der Waals surface area (Å²) in [6, 6.07) is 19.2. The first kappa shape index (κ1) is 25.9. The normalized spacial score (nSPS) is 15.1. The van der Waals surface area contributed by atoms with E-state index in [-0.39, 0.29) is 29.5 Å². The Kier molecular flexibility index (Phi) is 8.19.